The fraction of sp³-hybridized carbons (Fsp3) is 0.846. The summed E-state index contributed by atoms with van der Waals surface area (Å²) < 4.78 is 23.2. The SMILES string of the molecule is CCCS(=O)(=O)CC(=O)N[C@H]1CCCCC[C@H]1C(=O)O. The summed E-state index contributed by atoms with van der Waals surface area (Å²) in [5.74, 6) is -2.70. The topological polar surface area (TPSA) is 101 Å². The van der Waals surface area contributed by atoms with Gasteiger partial charge >= 0.3 is 5.97 Å². The monoisotopic (exact) mass is 305 g/mol. The van der Waals surface area contributed by atoms with Gasteiger partial charge in [-0.3, -0.25) is 9.59 Å². The third-order valence-corrected chi connectivity index (χ3v) is 5.28. The molecule has 0 unspecified atom stereocenters. The van der Waals surface area contributed by atoms with E-state index in [9.17, 15) is 23.1 Å². The summed E-state index contributed by atoms with van der Waals surface area (Å²) in [4.78, 5) is 23.0. The first-order chi connectivity index (χ1) is 9.35. The van der Waals surface area contributed by atoms with Gasteiger partial charge in [0.2, 0.25) is 5.91 Å². The van der Waals surface area contributed by atoms with Crippen LogP contribution in [0, 0.1) is 5.92 Å². The molecule has 0 spiro atoms. The van der Waals surface area contributed by atoms with Gasteiger partial charge in [0, 0.05) is 6.04 Å². The molecule has 0 aliphatic heterocycles. The second-order valence-electron chi connectivity index (χ2n) is 5.35. The van der Waals surface area contributed by atoms with Gasteiger partial charge in [0.1, 0.15) is 5.75 Å². The number of aliphatic carboxylic acids is 1. The molecule has 1 saturated carbocycles. The fourth-order valence-electron chi connectivity index (χ4n) is 2.61. The number of nitrogens with one attached hydrogen (secondary N) is 1. The minimum absolute atomic E-state index is 0.0204. The molecule has 1 amide bonds. The van der Waals surface area contributed by atoms with Gasteiger partial charge in [-0.25, -0.2) is 8.42 Å². The number of carbonyl (C=O) groups is 2. The van der Waals surface area contributed by atoms with E-state index in [1.165, 1.54) is 0 Å². The van der Waals surface area contributed by atoms with Crippen LogP contribution in [-0.4, -0.2) is 42.9 Å². The highest BCUT2D eigenvalue weighted by Crippen LogP contribution is 2.23. The average molecular weight is 305 g/mol. The first-order valence-corrected chi connectivity index (χ1v) is 8.90. The van der Waals surface area contributed by atoms with Crippen molar-refractivity contribution in [2.45, 2.75) is 51.5 Å². The van der Waals surface area contributed by atoms with Gasteiger partial charge in [0.05, 0.1) is 11.7 Å². The third-order valence-electron chi connectivity index (χ3n) is 3.55. The van der Waals surface area contributed by atoms with Crippen LogP contribution in [-0.2, 0) is 19.4 Å². The predicted molar refractivity (Wildman–Crippen MR) is 75.1 cm³/mol. The maximum Gasteiger partial charge on any atom is 0.308 e. The number of rotatable bonds is 6. The van der Waals surface area contributed by atoms with Gasteiger partial charge in [-0.05, 0) is 19.3 Å². The molecule has 0 radical (unpaired) electrons. The molecule has 2 N–H and O–H groups in total. The van der Waals surface area contributed by atoms with E-state index >= 15 is 0 Å². The molecule has 0 heterocycles. The first kappa shape index (κ1) is 16.9. The summed E-state index contributed by atoms with van der Waals surface area (Å²) in [6.07, 6.45) is 4.23. The van der Waals surface area contributed by atoms with Crippen molar-refractivity contribution >= 4 is 21.7 Å². The highest BCUT2D eigenvalue weighted by atomic mass is 32.2. The molecule has 6 nitrogen and oxygen atoms in total. The molecule has 0 aromatic rings. The Bertz CT molecular complexity index is 446. The first-order valence-electron chi connectivity index (χ1n) is 7.08. The Labute approximate surface area is 119 Å². The highest BCUT2D eigenvalue weighted by molar-refractivity contribution is 7.92. The van der Waals surface area contributed by atoms with Crippen molar-refractivity contribution in [2.75, 3.05) is 11.5 Å². The smallest absolute Gasteiger partial charge is 0.308 e. The number of sulfone groups is 1. The quantitative estimate of drug-likeness (QED) is 0.712. The van der Waals surface area contributed by atoms with Crippen molar-refractivity contribution in [1.82, 2.24) is 5.32 Å². The van der Waals surface area contributed by atoms with Crippen LogP contribution in [0.4, 0.5) is 0 Å². The molecule has 1 aliphatic rings. The van der Waals surface area contributed by atoms with Gasteiger partial charge in [-0.1, -0.05) is 26.2 Å². The normalized spacial score (nSPS) is 23.9. The molecule has 116 valence electrons. The molecule has 20 heavy (non-hydrogen) atoms. The molecular weight excluding hydrogens is 282 g/mol. The Morgan fingerprint density at radius 3 is 2.45 bits per heavy atom. The van der Waals surface area contributed by atoms with Gasteiger partial charge in [0.15, 0.2) is 9.84 Å². The largest absolute Gasteiger partial charge is 0.481 e. The number of hydrogen-bond acceptors (Lipinski definition) is 4. The Morgan fingerprint density at radius 2 is 1.85 bits per heavy atom. The van der Waals surface area contributed by atoms with Gasteiger partial charge in [0.25, 0.3) is 0 Å². The zero-order chi connectivity index (χ0) is 15.2. The third kappa shape index (κ3) is 5.48. The molecule has 1 rings (SSSR count). The Kier molecular flexibility index (Phi) is 6.45. The lowest BCUT2D eigenvalue weighted by Crippen LogP contribution is -2.45. The van der Waals surface area contributed by atoms with Crippen molar-refractivity contribution < 1.29 is 23.1 Å². The Morgan fingerprint density at radius 1 is 1.20 bits per heavy atom. The maximum atomic E-state index is 11.8. The maximum absolute atomic E-state index is 11.8. The van der Waals surface area contributed by atoms with E-state index in [0.29, 0.717) is 19.3 Å². The van der Waals surface area contributed by atoms with Gasteiger partial charge < -0.3 is 10.4 Å². The van der Waals surface area contributed by atoms with Crippen LogP contribution in [0.3, 0.4) is 0 Å². The van der Waals surface area contributed by atoms with E-state index in [-0.39, 0.29) is 5.75 Å². The van der Waals surface area contributed by atoms with Crippen LogP contribution in [0.25, 0.3) is 0 Å². The van der Waals surface area contributed by atoms with Crippen molar-refractivity contribution in [3.05, 3.63) is 0 Å². The summed E-state index contributed by atoms with van der Waals surface area (Å²) >= 11 is 0. The van der Waals surface area contributed by atoms with Gasteiger partial charge in [-0.15, -0.1) is 0 Å². The predicted octanol–water partition coefficient (Wildman–Crippen LogP) is 0.961. The van der Waals surface area contributed by atoms with E-state index in [4.69, 9.17) is 0 Å². The highest BCUT2D eigenvalue weighted by Gasteiger charge is 2.31. The molecule has 7 heteroatoms. The number of carbonyl (C=O) groups excluding carboxylic acids is 1. The molecule has 2 atom stereocenters. The summed E-state index contributed by atoms with van der Waals surface area (Å²) in [5, 5.41) is 11.8. The van der Waals surface area contributed by atoms with E-state index < -0.39 is 39.4 Å². The van der Waals surface area contributed by atoms with E-state index in [2.05, 4.69) is 5.32 Å². The fourth-order valence-corrected chi connectivity index (χ4v) is 3.86. The number of carboxylic acids is 1. The van der Waals surface area contributed by atoms with Crippen LogP contribution in [0.2, 0.25) is 0 Å². The molecule has 0 aromatic carbocycles. The summed E-state index contributed by atoms with van der Waals surface area (Å²) in [5.41, 5.74) is 0. The van der Waals surface area contributed by atoms with E-state index in [1.54, 1.807) is 6.92 Å². The lowest BCUT2D eigenvalue weighted by molar-refractivity contribution is -0.143. The lowest BCUT2D eigenvalue weighted by Gasteiger charge is -2.22. The molecule has 0 aromatic heterocycles. The summed E-state index contributed by atoms with van der Waals surface area (Å²) in [6.45, 7) is 1.74. The van der Waals surface area contributed by atoms with Crippen LogP contribution in [0.5, 0.6) is 0 Å². The van der Waals surface area contributed by atoms with Crippen molar-refractivity contribution in [3.8, 4) is 0 Å². The van der Waals surface area contributed by atoms with Gasteiger partial charge in [-0.2, -0.15) is 0 Å². The number of carboxylic acid groups (broad SMARTS) is 1. The summed E-state index contributed by atoms with van der Waals surface area (Å²) in [6, 6.07) is -0.459. The minimum Gasteiger partial charge on any atom is -0.481 e. The van der Waals surface area contributed by atoms with Crippen LogP contribution >= 0.6 is 0 Å². The number of hydrogen-bond donors (Lipinski definition) is 2. The van der Waals surface area contributed by atoms with E-state index in [1.807, 2.05) is 0 Å². The number of amides is 1. The van der Waals surface area contributed by atoms with Crippen LogP contribution < -0.4 is 5.32 Å². The van der Waals surface area contributed by atoms with Crippen LogP contribution in [0.1, 0.15) is 45.4 Å². The zero-order valence-electron chi connectivity index (χ0n) is 11.8. The second-order valence-corrected chi connectivity index (χ2v) is 7.53. The van der Waals surface area contributed by atoms with E-state index in [0.717, 1.165) is 19.3 Å². The molecule has 0 bridgehead atoms. The van der Waals surface area contributed by atoms with Crippen LogP contribution in [0.15, 0.2) is 0 Å². The summed E-state index contributed by atoms with van der Waals surface area (Å²) in [7, 11) is -3.39. The standard InChI is InChI=1S/C13H23NO5S/c1-2-8-20(18,19)9-12(15)14-11-7-5-3-4-6-10(11)13(16)17/h10-11H,2-9H2,1H3,(H,14,15)(H,16,17)/t10-,11+/m1/s1. The Hall–Kier alpha value is -1.11. The Balaban J connectivity index is 2.64. The minimum atomic E-state index is -3.39. The second kappa shape index (κ2) is 7.61. The van der Waals surface area contributed by atoms with Crippen molar-refractivity contribution in [1.29, 1.82) is 0 Å². The van der Waals surface area contributed by atoms with Crippen molar-refractivity contribution in [2.24, 2.45) is 5.92 Å². The molecule has 1 aliphatic carbocycles. The lowest BCUT2D eigenvalue weighted by atomic mass is 9.95. The average Bonchev–Trinajstić information content (AvgIpc) is 2.53. The molecular formula is C13H23NO5S. The zero-order valence-corrected chi connectivity index (χ0v) is 12.6. The van der Waals surface area contributed by atoms with Crippen molar-refractivity contribution in [3.63, 3.8) is 0 Å². The molecule has 0 saturated heterocycles. The molecule has 1 fully saturated rings.